The van der Waals surface area contributed by atoms with Crippen molar-refractivity contribution in [3.63, 3.8) is 0 Å². The van der Waals surface area contributed by atoms with Crippen molar-refractivity contribution in [2.45, 2.75) is 19.9 Å². The summed E-state index contributed by atoms with van der Waals surface area (Å²) in [7, 11) is 0. The predicted octanol–water partition coefficient (Wildman–Crippen LogP) is 3.84. The fraction of sp³-hybridized carbons (Fsp3) is 0.231. The van der Waals surface area contributed by atoms with Gasteiger partial charge in [0, 0.05) is 16.7 Å². The van der Waals surface area contributed by atoms with E-state index in [1.165, 1.54) is 6.07 Å². The molecular formula is C13H13BrN2O3S. The molecule has 0 saturated heterocycles. The molecule has 0 aliphatic carbocycles. The Hall–Kier alpha value is -1.60. The quantitative estimate of drug-likeness (QED) is 0.873. The summed E-state index contributed by atoms with van der Waals surface area (Å²) in [5.41, 5.74) is 0.525. The molecule has 0 fully saturated rings. The van der Waals surface area contributed by atoms with Gasteiger partial charge in [0.15, 0.2) is 0 Å². The van der Waals surface area contributed by atoms with Crippen LogP contribution in [0.5, 0.6) is 0 Å². The van der Waals surface area contributed by atoms with Gasteiger partial charge in [-0.15, -0.1) is 11.3 Å². The number of halogens is 1. The molecule has 2 rings (SSSR count). The first-order valence-electron chi connectivity index (χ1n) is 5.90. The minimum Gasteiger partial charge on any atom is -0.477 e. The maximum Gasteiger partial charge on any atom is 0.345 e. The van der Waals surface area contributed by atoms with Crippen molar-refractivity contribution in [1.82, 2.24) is 4.57 Å². The molecule has 0 aromatic carbocycles. The molecule has 0 unspecified atom stereocenters. The molecule has 7 heteroatoms. The lowest BCUT2D eigenvalue weighted by Crippen LogP contribution is -2.17. The summed E-state index contributed by atoms with van der Waals surface area (Å²) < 4.78 is 2.68. The number of carbonyl (C=O) groups excluding carboxylic acids is 1. The number of aromatic carboxylic acids is 1. The fourth-order valence-corrected chi connectivity index (χ4v) is 2.93. The Morgan fingerprint density at radius 2 is 2.10 bits per heavy atom. The molecule has 2 aromatic rings. The normalized spacial score (nSPS) is 10.8. The second kappa shape index (κ2) is 5.80. The average Bonchev–Trinajstić information content (AvgIpc) is 2.95. The summed E-state index contributed by atoms with van der Waals surface area (Å²) in [4.78, 5) is 23.2. The molecular weight excluding hydrogens is 344 g/mol. The van der Waals surface area contributed by atoms with Crippen LogP contribution in [0.25, 0.3) is 0 Å². The van der Waals surface area contributed by atoms with Gasteiger partial charge in [-0.25, -0.2) is 4.79 Å². The molecule has 20 heavy (non-hydrogen) atoms. The van der Waals surface area contributed by atoms with E-state index in [1.54, 1.807) is 12.1 Å². The first-order chi connectivity index (χ1) is 9.38. The van der Waals surface area contributed by atoms with E-state index < -0.39 is 5.97 Å². The topological polar surface area (TPSA) is 71.3 Å². The number of hydrogen-bond donors (Lipinski definition) is 2. The smallest absolute Gasteiger partial charge is 0.345 e. The highest BCUT2D eigenvalue weighted by Gasteiger charge is 2.16. The van der Waals surface area contributed by atoms with E-state index in [-0.39, 0.29) is 16.8 Å². The third-order valence-electron chi connectivity index (χ3n) is 2.66. The van der Waals surface area contributed by atoms with Crippen LogP contribution in [-0.2, 0) is 0 Å². The Kier molecular flexibility index (Phi) is 4.29. The van der Waals surface area contributed by atoms with E-state index in [1.807, 2.05) is 24.6 Å². The number of nitrogens with zero attached hydrogens (tertiary/aromatic N) is 1. The van der Waals surface area contributed by atoms with Crippen LogP contribution in [0.1, 0.15) is 40.0 Å². The molecule has 5 nitrogen and oxygen atoms in total. The summed E-state index contributed by atoms with van der Waals surface area (Å²) >= 11 is 4.38. The van der Waals surface area contributed by atoms with Crippen LogP contribution >= 0.6 is 27.3 Å². The van der Waals surface area contributed by atoms with Gasteiger partial charge in [0.25, 0.3) is 5.91 Å². The Morgan fingerprint density at radius 3 is 2.65 bits per heavy atom. The Balaban J connectivity index is 2.21. The van der Waals surface area contributed by atoms with Crippen molar-refractivity contribution in [1.29, 1.82) is 0 Å². The van der Waals surface area contributed by atoms with Gasteiger partial charge < -0.3 is 15.0 Å². The van der Waals surface area contributed by atoms with Gasteiger partial charge in [0.2, 0.25) is 0 Å². The van der Waals surface area contributed by atoms with Crippen LogP contribution in [0.3, 0.4) is 0 Å². The average molecular weight is 357 g/mol. The van der Waals surface area contributed by atoms with Crippen LogP contribution < -0.4 is 5.32 Å². The van der Waals surface area contributed by atoms with Crippen molar-refractivity contribution in [3.8, 4) is 0 Å². The molecule has 0 aliphatic heterocycles. The number of thiophene rings is 1. The lowest BCUT2D eigenvalue weighted by atomic mass is 10.3. The van der Waals surface area contributed by atoms with E-state index >= 15 is 0 Å². The minimum absolute atomic E-state index is 0.153. The molecule has 2 N–H and O–H groups in total. The van der Waals surface area contributed by atoms with Crippen molar-refractivity contribution >= 4 is 44.1 Å². The molecule has 0 spiro atoms. The predicted molar refractivity (Wildman–Crippen MR) is 81.7 cm³/mol. The van der Waals surface area contributed by atoms with Gasteiger partial charge in [-0.3, -0.25) is 4.79 Å². The number of carboxylic acids is 1. The summed E-state index contributed by atoms with van der Waals surface area (Å²) in [5.74, 6) is -1.26. The zero-order valence-corrected chi connectivity index (χ0v) is 13.3. The zero-order chi connectivity index (χ0) is 14.9. The molecule has 106 valence electrons. The SMILES string of the molecule is CC(C)n1cc(Br)cc1C(=O)Nc1ccc(C(=O)O)s1. The minimum atomic E-state index is -0.996. The van der Waals surface area contributed by atoms with Crippen LogP contribution in [-0.4, -0.2) is 21.6 Å². The van der Waals surface area contributed by atoms with Crippen molar-refractivity contribution < 1.29 is 14.7 Å². The Morgan fingerprint density at radius 1 is 1.40 bits per heavy atom. The summed E-state index contributed by atoms with van der Waals surface area (Å²) in [6.07, 6.45) is 1.84. The monoisotopic (exact) mass is 356 g/mol. The van der Waals surface area contributed by atoms with Crippen molar-refractivity contribution in [2.75, 3.05) is 5.32 Å². The second-order valence-electron chi connectivity index (χ2n) is 4.47. The summed E-state index contributed by atoms with van der Waals surface area (Å²) in [5, 5.41) is 12.1. The lowest BCUT2D eigenvalue weighted by Gasteiger charge is -2.12. The first kappa shape index (κ1) is 14.8. The number of hydrogen-bond acceptors (Lipinski definition) is 3. The van der Waals surface area contributed by atoms with E-state index in [4.69, 9.17) is 5.11 Å². The van der Waals surface area contributed by atoms with E-state index in [9.17, 15) is 9.59 Å². The molecule has 0 saturated carbocycles. The standard InChI is InChI=1S/C13H13BrN2O3S/c1-7(2)16-6-8(14)5-9(16)12(17)15-11-4-3-10(20-11)13(18)19/h3-7H,1-2H3,(H,15,17)(H,18,19). The number of rotatable bonds is 4. The highest BCUT2D eigenvalue weighted by atomic mass is 79.9. The number of aromatic nitrogens is 1. The van der Waals surface area contributed by atoms with Gasteiger partial charge >= 0.3 is 5.97 Å². The maximum atomic E-state index is 12.2. The highest BCUT2D eigenvalue weighted by molar-refractivity contribution is 9.10. The van der Waals surface area contributed by atoms with Crippen LogP contribution in [0, 0.1) is 0 Å². The third-order valence-corrected chi connectivity index (χ3v) is 4.08. The van der Waals surface area contributed by atoms with Gasteiger partial charge in [-0.05, 0) is 48.0 Å². The van der Waals surface area contributed by atoms with Gasteiger partial charge in [-0.1, -0.05) is 0 Å². The molecule has 1 amide bonds. The molecule has 2 heterocycles. The second-order valence-corrected chi connectivity index (χ2v) is 6.47. The first-order valence-corrected chi connectivity index (χ1v) is 7.51. The maximum absolute atomic E-state index is 12.2. The van der Waals surface area contributed by atoms with E-state index in [0.717, 1.165) is 15.8 Å². The van der Waals surface area contributed by atoms with Gasteiger partial charge in [-0.2, -0.15) is 0 Å². The summed E-state index contributed by atoms with van der Waals surface area (Å²) in [6, 6.07) is 4.95. The number of carboxylic acid groups (broad SMARTS) is 1. The van der Waals surface area contributed by atoms with Crippen molar-refractivity contribution in [2.24, 2.45) is 0 Å². The van der Waals surface area contributed by atoms with Crippen LogP contribution in [0.4, 0.5) is 5.00 Å². The molecule has 0 bridgehead atoms. The van der Waals surface area contributed by atoms with Crippen molar-refractivity contribution in [3.05, 3.63) is 39.4 Å². The largest absolute Gasteiger partial charge is 0.477 e. The third kappa shape index (κ3) is 3.10. The number of amides is 1. The molecule has 2 aromatic heterocycles. The van der Waals surface area contributed by atoms with E-state index in [0.29, 0.717) is 10.7 Å². The number of anilines is 1. The fourth-order valence-electron chi connectivity index (χ4n) is 1.75. The van der Waals surface area contributed by atoms with Gasteiger partial charge in [0.1, 0.15) is 10.6 Å². The lowest BCUT2D eigenvalue weighted by molar-refractivity contribution is 0.0702. The Labute approximate surface area is 128 Å². The van der Waals surface area contributed by atoms with Crippen LogP contribution in [0.2, 0.25) is 0 Å². The van der Waals surface area contributed by atoms with Crippen LogP contribution in [0.15, 0.2) is 28.9 Å². The molecule has 0 atom stereocenters. The molecule has 0 radical (unpaired) electrons. The number of nitrogens with one attached hydrogen (secondary N) is 1. The molecule has 0 aliphatic rings. The van der Waals surface area contributed by atoms with E-state index in [2.05, 4.69) is 21.2 Å². The Bertz CT molecular complexity index is 660. The number of carbonyl (C=O) groups is 2. The highest BCUT2D eigenvalue weighted by Crippen LogP contribution is 2.24. The summed E-state index contributed by atoms with van der Waals surface area (Å²) in [6.45, 7) is 3.97. The zero-order valence-electron chi connectivity index (χ0n) is 10.9. The van der Waals surface area contributed by atoms with Gasteiger partial charge in [0.05, 0.1) is 5.00 Å².